The highest BCUT2D eigenvalue weighted by atomic mass is 16.6. The molecule has 0 bridgehead atoms. The van der Waals surface area contributed by atoms with Crippen LogP contribution in [-0.2, 0) is 21.6 Å². The van der Waals surface area contributed by atoms with Crippen molar-refractivity contribution in [2.45, 2.75) is 44.6 Å². The molecule has 2 atom stereocenters. The van der Waals surface area contributed by atoms with Gasteiger partial charge in [-0.05, 0) is 62.9 Å². The lowest BCUT2D eigenvalue weighted by Crippen LogP contribution is -2.40. The van der Waals surface area contributed by atoms with Crippen molar-refractivity contribution in [1.29, 1.82) is 0 Å². The number of amides is 1. The molecule has 5 heteroatoms. The molecule has 1 amide bonds. The van der Waals surface area contributed by atoms with Gasteiger partial charge in [0.2, 0.25) is 5.91 Å². The van der Waals surface area contributed by atoms with Gasteiger partial charge in [-0.1, -0.05) is 25.1 Å². The lowest BCUT2D eigenvalue weighted by molar-refractivity contribution is -0.133. The van der Waals surface area contributed by atoms with Crippen molar-refractivity contribution in [3.63, 3.8) is 0 Å². The maximum Gasteiger partial charge on any atom is 0.339 e. The predicted octanol–water partition coefficient (Wildman–Crippen LogP) is 3.14. The van der Waals surface area contributed by atoms with Gasteiger partial charge < -0.3 is 14.5 Å². The largest absolute Gasteiger partial charge is 0.446 e. The first-order valence-corrected chi connectivity index (χ1v) is 10.6. The zero-order valence-corrected chi connectivity index (χ0v) is 16.9. The molecular formula is C23H30N2O3. The van der Waals surface area contributed by atoms with Gasteiger partial charge in [0.1, 0.15) is 0 Å². The van der Waals surface area contributed by atoms with Crippen molar-refractivity contribution in [1.82, 2.24) is 9.80 Å². The van der Waals surface area contributed by atoms with Gasteiger partial charge in [-0.3, -0.25) is 4.79 Å². The smallest absolute Gasteiger partial charge is 0.339 e. The first kappa shape index (κ1) is 19.2. The lowest BCUT2D eigenvalue weighted by atomic mass is 9.79. The summed E-state index contributed by atoms with van der Waals surface area (Å²) in [5.41, 5.74) is 2.07. The Bertz CT molecular complexity index is 797. The fourth-order valence-corrected chi connectivity index (χ4v) is 4.65. The molecule has 28 heavy (non-hydrogen) atoms. The molecular weight excluding hydrogens is 352 g/mol. The van der Waals surface area contributed by atoms with Crippen LogP contribution in [0, 0.1) is 5.92 Å². The molecule has 1 aromatic carbocycles. The molecule has 0 aromatic heterocycles. The first-order valence-electron chi connectivity index (χ1n) is 10.6. The van der Waals surface area contributed by atoms with Gasteiger partial charge in [0, 0.05) is 25.7 Å². The molecule has 1 saturated heterocycles. The Morgan fingerprint density at radius 2 is 2.11 bits per heavy atom. The van der Waals surface area contributed by atoms with Crippen LogP contribution in [-0.4, -0.2) is 54.9 Å². The Morgan fingerprint density at radius 1 is 1.32 bits per heavy atom. The maximum atomic E-state index is 12.8. The Kier molecular flexibility index (Phi) is 5.28. The molecule has 0 N–H and O–H groups in total. The molecule has 4 rings (SSSR count). The fraction of sp³-hybridized carbons (Fsp3) is 0.565. The number of likely N-dealkylation sites (N-methyl/N-ethyl adjacent to an activating group) is 1. The Morgan fingerprint density at radius 3 is 2.79 bits per heavy atom. The average molecular weight is 383 g/mol. The molecule has 1 fully saturated rings. The summed E-state index contributed by atoms with van der Waals surface area (Å²) >= 11 is 0. The van der Waals surface area contributed by atoms with Gasteiger partial charge in [0.05, 0.1) is 11.5 Å². The van der Waals surface area contributed by atoms with Crippen LogP contribution in [0.15, 0.2) is 30.4 Å². The van der Waals surface area contributed by atoms with Crippen molar-refractivity contribution in [3.05, 3.63) is 47.0 Å². The zero-order chi connectivity index (χ0) is 19.7. The second-order valence-electron chi connectivity index (χ2n) is 8.33. The first-order chi connectivity index (χ1) is 13.5. The number of fused-ring (bicyclic) bond motifs is 2. The van der Waals surface area contributed by atoms with E-state index >= 15 is 0 Å². The highest BCUT2D eigenvalue weighted by Crippen LogP contribution is 2.45. The van der Waals surface area contributed by atoms with Crippen LogP contribution >= 0.6 is 0 Å². The molecule has 1 spiro atoms. The highest BCUT2D eigenvalue weighted by Gasteiger charge is 2.46. The predicted molar refractivity (Wildman–Crippen MR) is 108 cm³/mol. The number of hydrogen-bond donors (Lipinski definition) is 0. The Hall–Kier alpha value is -2.14. The summed E-state index contributed by atoms with van der Waals surface area (Å²) in [4.78, 5) is 29.5. The van der Waals surface area contributed by atoms with Gasteiger partial charge in [0.15, 0.2) is 5.60 Å². The number of aryl methyl sites for hydroxylation is 1. The third-order valence-corrected chi connectivity index (χ3v) is 6.51. The molecule has 2 aliphatic heterocycles. The van der Waals surface area contributed by atoms with Crippen LogP contribution < -0.4 is 0 Å². The summed E-state index contributed by atoms with van der Waals surface area (Å²) in [6.45, 7) is 6.10. The number of ether oxygens (including phenoxy) is 1. The van der Waals surface area contributed by atoms with Gasteiger partial charge in [-0.15, -0.1) is 0 Å². The van der Waals surface area contributed by atoms with E-state index in [9.17, 15) is 9.59 Å². The van der Waals surface area contributed by atoms with E-state index in [1.807, 2.05) is 36.2 Å². The summed E-state index contributed by atoms with van der Waals surface area (Å²) in [6.07, 6.45) is 8.69. The third kappa shape index (κ3) is 3.48. The topological polar surface area (TPSA) is 49.9 Å². The minimum Gasteiger partial charge on any atom is -0.446 e. The Labute approximate surface area is 167 Å². The van der Waals surface area contributed by atoms with Crippen LogP contribution in [0.1, 0.15) is 54.1 Å². The number of esters is 1. The van der Waals surface area contributed by atoms with E-state index in [2.05, 4.69) is 17.9 Å². The van der Waals surface area contributed by atoms with Crippen LogP contribution in [0.2, 0.25) is 0 Å². The quantitative estimate of drug-likeness (QED) is 0.580. The number of carbonyl (C=O) groups is 2. The number of benzene rings is 1. The number of rotatable bonds is 5. The molecule has 0 unspecified atom stereocenters. The normalized spacial score (nSPS) is 26.5. The molecule has 0 radical (unpaired) electrons. The maximum absolute atomic E-state index is 12.8. The third-order valence-electron chi connectivity index (χ3n) is 6.51. The fourth-order valence-electron chi connectivity index (χ4n) is 4.65. The van der Waals surface area contributed by atoms with Crippen molar-refractivity contribution < 1.29 is 14.3 Å². The minimum atomic E-state index is -0.691. The van der Waals surface area contributed by atoms with Gasteiger partial charge in [0.25, 0.3) is 0 Å². The number of nitrogens with zero attached hydrogens (tertiary/aromatic N) is 2. The van der Waals surface area contributed by atoms with Gasteiger partial charge >= 0.3 is 5.97 Å². The van der Waals surface area contributed by atoms with Crippen LogP contribution in [0.5, 0.6) is 0 Å². The minimum absolute atomic E-state index is 0.133. The average Bonchev–Trinajstić information content (AvgIpc) is 3.33. The van der Waals surface area contributed by atoms with Crippen LogP contribution in [0.25, 0.3) is 0 Å². The van der Waals surface area contributed by atoms with Gasteiger partial charge in [-0.2, -0.15) is 0 Å². The molecule has 150 valence electrons. The number of likely N-dealkylation sites (tertiary alicyclic amines) is 1. The van der Waals surface area contributed by atoms with Crippen molar-refractivity contribution in [2.24, 2.45) is 5.92 Å². The van der Waals surface area contributed by atoms with Crippen LogP contribution in [0.3, 0.4) is 0 Å². The van der Waals surface area contributed by atoms with Crippen molar-refractivity contribution in [3.8, 4) is 0 Å². The van der Waals surface area contributed by atoms with E-state index in [1.165, 1.54) is 12.8 Å². The van der Waals surface area contributed by atoms with E-state index in [0.29, 0.717) is 18.4 Å². The second kappa shape index (κ2) is 7.70. The molecule has 5 nitrogen and oxygen atoms in total. The summed E-state index contributed by atoms with van der Waals surface area (Å²) < 4.78 is 5.81. The van der Waals surface area contributed by atoms with Crippen LogP contribution in [0.4, 0.5) is 0 Å². The van der Waals surface area contributed by atoms with E-state index in [1.54, 1.807) is 0 Å². The van der Waals surface area contributed by atoms with Crippen molar-refractivity contribution in [2.75, 3.05) is 33.2 Å². The van der Waals surface area contributed by atoms with Crippen molar-refractivity contribution >= 4 is 11.9 Å². The number of hydrogen-bond acceptors (Lipinski definition) is 4. The molecule has 1 aliphatic carbocycles. The molecule has 1 aromatic rings. The second-order valence-corrected chi connectivity index (χ2v) is 8.33. The SMILES string of the molecule is CCc1ccc2c(c1)C(=O)O[C@]21C=C[C@H](C(=O)N(C)CCN2CCCC2)CC1. The summed E-state index contributed by atoms with van der Waals surface area (Å²) in [7, 11) is 1.90. The molecule has 2 heterocycles. The van der Waals surface area contributed by atoms with E-state index in [0.717, 1.165) is 43.7 Å². The van der Waals surface area contributed by atoms with Gasteiger partial charge in [-0.25, -0.2) is 4.79 Å². The summed E-state index contributed by atoms with van der Waals surface area (Å²) in [5.74, 6) is -0.217. The monoisotopic (exact) mass is 382 g/mol. The summed E-state index contributed by atoms with van der Waals surface area (Å²) in [5, 5.41) is 0. The van der Waals surface area contributed by atoms with E-state index < -0.39 is 5.60 Å². The molecule has 0 saturated carbocycles. The number of carbonyl (C=O) groups excluding carboxylic acids is 2. The highest BCUT2D eigenvalue weighted by molar-refractivity contribution is 5.95. The standard InChI is InChI=1S/C23H30N2O3/c1-3-17-6-7-20-19(16-17)22(27)28-23(20)10-8-18(9-11-23)21(26)24(2)14-15-25-12-4-5-13-25/h6-8,10,16,18H,3-5,9,11-15H2,1-2H3/t18-,23-/m0/s1. The zero-order valence-electron chi connectivity index (χ0n) is 16.9. The lowest BCUT2D eigenvalue weighted by Gasteiger charge is -2.32. The summed E-state index contributed by atoms with van der Waals surface area (Å²) in [6, 6.07) is 6.04. The van der Waals surface area contributed by atoms with E-state index in [-0.39, 0.29) is 17.8 Å². The Balaban J connectivity index is 1.43. The van der Waals surface area contributed by atoms with E-state index in [4.69, 9.17) is 4.74 Å². The molecule has 3 aliphatic rings.